The van der Waals surface area contributed by atoms with E-state index in [1.165, 1.54) is 0 Å². The molecule has 2 heteroatoms. The minimum atomic E-state index is 0.784. The van der Waals surface area contributed by atoms with Crippen LogP contribution in [0.5, 0.6) is 0 Å². The Bertz CT molecular complexity index is 403. The summed E-state index contributed by atoms with van der Waals surface area (Å²) in [6.07, 6.45) is 1.98. The SMILES string of the molecule is Cc1ccn(-c2ccccc2)c1Cl. The fourth-order valence-corrected chi connectivity index (χ4v) is 1.52. The fraction of sp³-hybridized carbons (Fsp3) is 0.0909. The van der Waals surface area contributed by atoms with E-state index < -0.39 is 0 Å². The third-order valence-electron chi connectivity index (χ3n) is 2.04. The van der Waals surface area contributed by atoms with Crippen LogP contribution in [0.3, 0.4) is 0 Å². The average Bonchev–Trinajstić information content (AvgIpc) is 2.49. The molecule has 2 rings (SSSR count). The second kappa shape index (κ2) is 3.27. The summed E-state index contributed by atoms with van der Waals surface area (Å²) in [6, 6.07) is 12.1. The summed E-state index contributed by atoms with van der Waals surface area (Å²) in [5.74, 6) is 0. The van der Waals surface area contributed by atoms with E-state index >= 15 is 0 Å². The van der Waals surface area contributed by atoms with E-state index in [1.807, 2.05) is 54.1 Å². The first-order valence-electron chi connectivity index (χ1n) is 4.18. The van der Waals surface area contributed by atoms with E-state index in [9.17, 15) is 0 Å². The monoisotopic (exact) mass is 191 g/mol. The second-order valence-electron chi connectivity index (χ2n) is 3.00. The molecular formula is C11H10ClN. The Kier molecular flexibility index (Phi) is 2.11. The van der Waals surface area contributed by atoms with Crippen molar-refractivity contribution in [2.75, 3.05) is 0 Å². The molecule has 0 aliphatic heterocycles. The molecule has 1 aromatic heterocycles. The second-order valence-corrected chi connectivity index (χ2v) is 3.35. The smallest absolute Gasteiger partial charge is 0.116 e. The molecule has 66 valence electrons. The van der Waals surface area contributed by atoms with Crippen molar-refractivity contribution in [3.05, 3.63) is 53.3 Å². The summed E-state index contributed by atoms with van der Waals surface area (Å²) in [7, 11) is 0. The van der Waals surface area contributed by atoms with Gasteiger partial charge in [0.2, 0.25) is 0 Å². The van der Waals surface area contributed by atoms with Gasteiger partial charge in [0.05, 0.1) is 0 Å². The fourth-order valence-electron chi connectivity index (χ4n) is 1.30. The van der Waals surface area contributed by atoms with Crippen molar-refractivity contribution in [3.8, 4) is 5.69 Å². The predicted molar refractivity (Wildman–Crippen MR) is 55.5 cm³/mol. The van der Waals surface area contributed by atoms with Crippen molar-refractivity contribution in [1.82, 2.24) is 4.57 Å². The van der Waals surface area contributed by atoms with Crippen LogP contribution in [-0.2, 0) is 0 Å². The highest BCUT2D eigenvalue weighted by Gasteiger charge is 2.02. The molecule has 1 heterocycles. The van der Waals surface area contributed by atoms with Gasteiger partial charge in [-0.05, 0) is 30.7 Å². The van der Waals surface area contributed by atoms with E-state index in [4.69, 9.17) is 11.6 Å². The molecule has 0 amide bonds. The third kappa shape index (κ3) is 1.47. The molecule has 0 N–H and O–H groups in total. The normalized spacial score (nSPS) is 10.3. The van der Waals surface area contributed by atoms with Gasteiger partial charge in [-0.25, -0.2) is 0 Å². The predicted octanol–water partition coefficient (Wildman–Crippen LogP) is 3.44. The average molecular weight is 192 g/mol. The zero-order chi connectivity index (χ0) is 9.26. The Morgan fingerprint density at radius 2 is 1.77 bits per heavy atom. The third-order valence-corrected chi connectivity index (χ3v) is 2.53. The summed E-state index contributed by atoms with van der Waals surface area (Å²) in [5.41, 5.74) is 2.20. The molecule has 1 aromatic carbocycles. The van der Waals surface area contributed by atoms with E-state index in [2.05, 4.69) is 0 Å². The van der Waals surface area contributed by atoms with E-state index in [0.29, 0.717) is 0 Å². The lowest BCUT2D eigenvalue weighted by molar-refractivity contribution is 1.08. The number of hydrogen-bond acceptors (Lipinski definition) is 0. The van der Waals surface area contributed by atoms with Crippen LogP contribution < -0.4 is 0 Å². The minimum absolute atomic E-state index is 0.784. The maximum absolute atomic E-state index is 6.11. The minimum Gasteiger partial charge on any atom is -0.307 e. The number of hydrogen-bond donors (Lipinski definition) is 0. The highest BCUT2D eigenvalue weighted by Crippen LogP contribution is 2.20. The van der Waals surface area contributed by atoms with Gasteiger partial charge in [0, 0.05) is 11.9 Å². The number of para-hydroxylation sites is 1. The van der Waals surface area contributed by atoms with Gasteiger partial charge in [0.1, 0.15) is 5.15 Å². The molecular weight excluding hydrogens is 182 g/mol. The molecule has 0 bridgehead atoms. The first kappa shape index (κ1) is 8.39. The number of aryl methyl sites for hydroxylation is 1. The van der Waals surface area contributed by atoms with Crippen molar-refractivity contribution in [3.63, 3.8) is 0 Å². The Morgan fingerprint density at radius 1 is 1.08 bits per heavy atom. The molecule has 1 nitrogen and oxygen atoms in total. The summed E-state index contributed by atoms with van der Waals surface area (Å²) in [4.78, 5) is 0. The molecule has 0 saturated carbocycles. The molecule has 0 fully saturated rings. The summed E-state index contributed by atoms with van der Waals surface area (Å²) >= 11 is 6.11. The number of benzene rings is 1. The van der Waals surface area contributed by atoms with Crippen molar-refractivity contribution < 1.29 is 0 Å². The Labute approximate surface area is 82.6 Å². The zero-order valence-corrected chi connectivity index (χ0v) is 8.12. The zero-order valence-electron chi connectivity index (χ0n) is 7.37. The molecule has 0 atom stereocenters. The maximum atomic E-state index is 6.11. The lowest BCUT2D eigenvalue weighted by Crippen LogP contribution is -1.90. The molecule has 0 aliphatic carbocycles. The van der Waals surface area contributed by atoms with Crippen LogP contribution in [-0.4, -0.2) is 4.57 Å². The van der Waals surface area contributed by atoms with Crippen LogP contribution in [0.15, 0.2) is 42.6 Å². The van der Waals surface area contributed by atoms with Gasteiger partial charge in [-0.15, -0.1) is 0 Å². The molecule has 0 spiro atoms. The molecule has 13 heavy (non-hydrogen) atoms. The van der Waals surface area contributed by atoms with Crippen LogP contribution in [0.1, 0.15) is 5.56 Å². The van der Waals surface area contributed by atoms with E-state index in [0.717, 1.165) is 16.4 Å². The van der Waals surface area contributed by atoms with Crippen LogP contribution >= 0.6 is 11.6 Å². The summed E-state index contributed by atoms with van der Waals surface area (Å²) in [5, 5.41) is 0.784. The highest BCUT2D eigenvalue weighted by atomic mass is 35.5. The van der Waals surface area contributed by atoms with Gasteiger partial charge in [0.25, 0.3) is 0 Å². The van der Waals surface area contributed by atoms with Crippen LogP contribution in [0.2, 0.25) is 5.15 Å². The lowest BCUT2D eigenvalue weighted by Gasteiger charge is -2.03. The Morgan fingerprint density at radius 3 is 2.31 bits per heavy atom. The van der Waals surface area contributed by atoms with Gasteiger partial charge in [-0.3, -0.25) is 0 Å². The largest absolute Gasteiger partial charge is 0.307 e. The van der Waals surface area contributed by atoms with Crippen LogP contribution in [0, 0.1) is 6.92 Å². The summed E-state index contributed by atoms with van der Waals surface area (Å²) in [6.45, 7) is 2.00. The number of halogens is 1. The van der Waals surface area contributed by atoms with Gasteiger partial charge < -0.3 is 4.57 Å². The van der Waals surface area contributed by atoms with E-state index in [1.54, 1.807) is 0 Å². The van der Waals surface area contributed by atoms with Crippen LogP contribution in [0.25, 0.3) is 5.69 Å². The van der Waals surface area contributed by atoms with Crippen LogP contribution in [0.4, 0.5) is 0 Å². The topological polar surface area (TPSA) is 4.93 Å². The van der Waals surface area contributed by atoms with Gasteiger partial charge in [0.15, 0.2) is 0 Å². The molecule has 2 aromatic rings. The van der Waals surface area contributed by atoms with Gasteiger partial charge in [-0.1, -0.05) is 29.8 Å². The lowest BCUT2D eigenvalue weighted by atomic mass is 10.3. The van der Waals surface area contributed by atoms with Crippen molar-refractivity contribution in [2.45, 2.75) is 6.92 Å². The first-order chi connectivity index (χ1) is 6.29. The highest BCUT2D eigenvalue weighted by molar-refractivity contribution is 6.30. The Hall–Kier alpha value is -1.21. The Balaban J connectivity index is 2.53. The van der Waals surface area contributed by atoms with Crippen molar-refractivity contribution in [1.29, 1.82) is 0 Å². The van der Waals surface area contributed by atoms with Gasteiger partial charge >= 0.3 is 0 Å². The molecule has 0 aliphatic rings. The summed E-state index contributed by atoms with van der Waals surface area (Å²) < 4.78 is 1.97. The number of rotatable bonds is 1. The van der Waals surface area contributed by atoms with Crippen molar-refractivity contribution >= 4 is 11.6 Å². The molecule has 0 unspecified atom stereocenters. The standard InChI is InChI=1S/C11H10ClN/c1-9-7-8-13(11(9)12)10-5-3-2-4-6-10/h2-8H,1H3. The van der Waals surface area contributed by atoms with E-state index in [-0.39, 0.29) is 0 Å². The molecule has 0 saturated heterocycles. The number of aromatic nitrogens is 1. The van der Waals surface area contributed by atoms with Gasteiger partial charge in [-0.2, -0.15) is 0 Å². The number of nitrogens with zero attached hydrogens (tertiary/aromatic N) is 1. The molecule has 0 radical (unpaired) electrons. The quantitative estimate of drug-likeness (QED) is 0.651. The van der Waals surface area contributed by atoms with Crippen molar-refractivity contribution in [2.24, 2.45) is 0 Å². The first-order valence-corrected chi connectivity index (χ1v) is 4.56. The maximum Gasteiger partial charge on any atom is 0.116 e.